The second kappa shape index (κ2) is 10.4. The summed E-state index contributed by atoms with van der Waals surface area (Å²) < 4.78 is 12.3. The zero-order chi connectivity index (χ0) is 26.8. The average molecular weight is 534 g/mol. The highest BCUT2D eigenvalue weighted by atomic mass is 32.1. The molecule has 1 aliphatic heterocycles. The third kappa shape index (κ3) is 4.85. The lowest BCUT2D eigenvalue weighted by molar-refractivity contribution is 0.0697. The molecule has 0 radical (unpaired) electrons. The summed E-state index contributed by atoms with van der Waals surface area (Å²) in [7, 11) is 0. The van der Waals surface area contributed by atoms with Crippen molar-refractivity contribution in [2.45, 2.75) is 12.1 Å². The van der Waals surface area contributed by atoms with E-state index in [1.54, 1.807) is 36.5 Å². The number of aromatic nitrogens is 1. The number of rotatable bonds is 7. The van der Waals surface area contributed by atoms with Crippen LogP contribution < -0.4 is 15.0 Å². The van der Waals surface area contributed by atoms with E-state index in [0.717, 1.165) is 17.1 Å². The van der Waals surface area contributed by atoms with Gasteiger partial charge in [-0.25, -0.2) is 4.79 Å². The van der Waals surface area contributed by atoms with Crippen molar-refractivity contribution in [3.05, 3.63) is 132 Å². The predicted molar refractivity (Wildman–Crippen MR) is 152 cm³/mol. The van der Waals surface area contributed by atoms with Crippen LogP contribution in [0.2, 0.25) is 0 Å². The van der Waals surface area contributed by atoms with E-state index in [4.69, 9.17) is 21.4 Å². The Morgan fingerprint density at radius 3 is 2.33 bits per heavy atom. The van der Waals surface area contributed by atoms with Crippen molar-refractivity contribution in [3.8, 4) is 22.8 Å². The maximum atomic E-state index is 11.8. The summed E-state index contributed by atoms with van der Waals surface area (Å²) in [5.74, 6) is 1.52. The maximum absolute atomic E-state index is 11.8. The Morgan fingerprint density at radius 2 is 1.59 bits per heavy atom. The average Bonchev–Trinajstić information content (AvgIpc) is 3.59. The van der Waals surface area contributed by atoms with Crippen LogP contribution in [0.25, 0.3) is 11.3 Å². The molecule has 5 aromatic rings. The number of nitrogens with zero attached hydrogens (tertiary/aromatic N) is 2. The molecule has 0 spiro atoms. The van der Waals surface area contributed by atoms with Crippen LogP contribution in [0, 0.1) is 0 Å². The van der Waals surface area contributed by atoms with Crippen LogP contribution in [0.3, 0.4) is 0 Å². The minimum atomic E-state index is -1.02. The maximum Gasteiger partial charge on any atom is 0.336 e. The van der Waals surface area contributed by atoms with Gasteiger partial charge in [-0.05, 0) is 78.9 Å². The third-order valence-corrected chi connectivity index (χ3v) is 6.85. The third-order valence-electron chi connectivity index (χ3n) is 6.53. The number of carboxylic acid groups (broad SMARTS) is 1. The number of carboxylic acids is 1. The first-order chi connectivity index (χ1) is 19.1. The number of hydrogen-bond acceptors (Lipinski definition) is 5. The van der Waals surface area contributed by atoms with Gasteiger partial charge in [0.15, 0.2) is 5.11 Å². The zero-order valence-corrected chi connectivity index (χ0v) is 21.4. The molecule has 39 heavy (non-hydrogen) atoms. The van der Waals surface area contributed by atoms with Gasteiger partial charge in [-0.1, -0.05) is 42.5 Å². The monoisotopic (exact) mass is 533 g/mol. The molecule has 7 nitrogen and oxygen atoms in total. The highest BCUT2D eigenvalue weighted by Gasteiger charge is 2.42. The Hall–Kier alpha value is -4.95. The number of furan rings is 1. The number of carbonyl (C=O) groups is 1. The topological polar surface area (TPSA) is 87.8 Å². The van der Waals surface area contributed by atoms with Crippen LogP contribution >= 0.6 is 12.2 Å². The second-order valence-corrected chi connectivity index (χ2v) is 9.35. The normalized spacial score (nSPS) is 16.6. The SMILES string of the molecule is O=C(O)c1ccccc1-c1ccc([C@@H]2[C@@H](c3ccccn3)NC(=S)N2c2ccc(Oc3ccccc3)cc2)o1. The van der Waals surface area contributed by atoms with Gasteiger partial charge in [0.2, 0.25) is 0 Å². The van der Waals surface area contributed by atoms with Crippen LogP contribution in [0.1, 0.15) is 33.9 Å². The fourth-order valence-corrected chi connectivity index (χ4v) is 5.11. The molecule has 2 aromatic heterocycles. The molecule has 0 unspecified atom stereocenters. The molecule has 3 aromatic carbocycles. The molecule has 1 fully saturated rings. The van der Waals surface area contributed by atoms with E-state index in [9.17, 15) is 9.90 Å². The summed E-state index contributed by atoms with van der Waals surface area (Å²) in [6.07, 6.45) is 1.74. The Bertz CT molecular complexity index is 1620. The van der Waals surface area contributed by atoms with Crippen LogP contribution in [0.5, 0.6) is 11.5 Å². The first kappa shape index (κ1) is 24.4. The zero-order valence-electron chi connectivity index (χ0n) is 20.6. The number of benzene rings is 3. The van der Waals surface area contributed by atoms with Crippen molar-refractivity contribution in [1.82, 2.24) is 10.3 Å². The molecule has 6 rings (SSSR count). The van der Waals surface area contributed by atoms with Crippen molar-refractivity contribution in [2.24, 2.45) is 0 Å². The summed E-state index contributed by atoms with van der Waals surface area (Å²) in [4.78, 5) is 18.4. The molecule has 8 heteroatoms. The fourth-order valence-electron chi connectivity index (χ4n) is 4.76. The number of para-hydroxylation sites is 1. The van der Waals surface area contributed by atoms with E-state index in [1.807, 2.05) is 83.8 Å². The molecular formula is C31H23N3O4S. The lowest BCUT2D eigenvalue weighted by atomic mass is 10.0. The smallest absolute Gasteiger partial charge is 0.336 e. The highest BCUT2D eigenvalue weighted by molar-refractivity contribution is 7.80. The second-order valence-electron chi connectivity index (χ2n) is 8.96. The van der Waals surface area contributed by atoms with Gasteiger partial charge in [0.25, 0.3) is 0 Å². The number of hydrogen-bond donors (Lipinski definition) is 2. The summed E-state index contributed by atoms with van der Waals surface area (Å²) >= 11 is 5.81. The Morgan fingerprint density at radius 1 is 0.872 bits per heavy atom. The highest BCUT2D eigenvalue weighted by Crippen LogP contribution is 2.43. The van der Waals surface area contributed by atoms with Crippen molar-refractivity contribution in [3.63, 3.8) is 0 Å². The van der Waals surface area contributed by atoms with E-state index < -0.39 is 5.97 Å². The van der Waals surface area contributed by atoms with Gasteiger partial charge in [0.1, 0.15) is 29.1 Å². The van der Waals surface area contributed by atoms with E-state index in [2.05, 4.69) is 10.3 Å². The van der Waals surface area contributed by atoms with E-state index in [0.29, 0.717) is 27.9 Å². The predicted octanol–water partition coefficient (Wildman–Crippen LogP) is 7.01. The van der Waals surface area contributed by atoms with Gasteiger partial charge < -0.3 is 24.5 Å². The van der Waals surface area contributed by atoms with E-state index in [1.165, 1.54) is 0 Å². The van der Waals surface area contributed by atoms with Gasteiger partial charge >= 0.3 is 5.97 Å². The van der Waals surface area contributed by atoms with Gasteiger partial charge in [-0.15, -0.1) is 0 Å². The number of ether oxygens (including phenoxy) is 1. The molecule has 1 saturated heterocycles. The summed E-state index contributed by atoms with van der Waals surface area (Å²) in [5, 5.41) is 13.6. The van der Waals surface area contributed by atoms with Crippen LogP contribution in [-0.2, 0) is 0 Å². The van der Waals surface area contributed by atoms with Crippen molar-refractivity contribution < 1.29 is 19.1 Å². The molecule has 0 aliphatic carbocycles. The molecule has 2 N–H and O–H groups in total. The Kier molecular flexibility index (Phi) is 6.52. The lowest BCUT2D eigenvalue weighted by Gasteiger charge is -2.26. The van der Waals surface area contributed by atoms with Crippen LogP contribution in [0.15, 0.2) is 120 Å². The number of anilines is 1. The van der Waals surface area contributed by atoms with Gasteiger partial charge in [0.05, 0.1) is 17.3 Å². The molecular weight excluding hydrogens is 510 g/mol. The van der Waals surface area contributed by atoms with Crippen LogP contribution in [-0.4, -0.2) is 21.2 Å². The van der Waals surface area contributed by atoms with E-state index in [-0.39, 0.29) is 17.6 Å². The molecule has 2 atom stereocenters. The van der Waals surface area contributed by atoms with Gasteiger partial charge in [0, 0.05) is 17.4 Å². The standard InChI is InChI=1S/C31H23N3O4S/c35-30(36)24-11-5-4-10-23(24)26-17-18-27(38-26)29-28(25-12-6-7-19-32-25)33-31(39)34(29)20-13-15-22(16-14-20)37-21-8-2-1-3-9-21/h1-19,28-29H,(H,33,39)(H,35,36)/t28-,29-/m1/s1. The Labute approximate surface area is 230 Å². The minimum Gasteiger partial charge on any atom is -0.478 e. The summed E-state index contributed by atoms with van der Waals surface area (Å²) in [6, 6.07) is 32.8. The van der Waals surface area contributed by atoms with E-state index >= 15 is 0 Å². The van der Waals surface area contributed by atoms with Gasteiger partial charge in [-0.3, -0.25) is 4.98 Å². The van der Waals surface area contributed by atoms with Crippen molar-refractivity contribution in [2.75, 3.05) is 4.90 Å². The van der Waals surface area contributed by atoms with Crippen molar-refractivity contribution in [1.29, 1.82) is 0 Å². The van der Waals surface area contributed by atoms with Crippen molar-refractivity contribution >= 4 is 29.0 Å². The summed E-state index contributed by atoms with van der Waals surface area (Å²) in [6.45, 7) is 0. The molecule has 0 saturated carbocycles. The fraction of sp³-hybridized carbons (Fsp3) is 0.0645. The number of aromatic carboxylic acids is 1. The molecule has 0 bridgehead atoms. The molecule has 1 aliphatic rings. The number of pyridine rings is 1. The molecule has 0 amide bonds. The number of nitrogens with one attached hydrogen (secondary N) is 1. The first-order valence-electron chi connectivity index (χ1n) is 12.3. The largest absolute Gasteiger partial charge is 0.478 e. The lowest BCUT2D eigenvalue weighted by Crippen LogP contribution is -2.29. The molecule has 192 valence electrons. The van der Waals surface area contributed by atoms with Gasteiger partial charge in [-0.2, -0.15) is 0 Å². The quantitative estimate of drug-likeness (QED) is 0.216. The molecule has 3 heterocycles. The van der Waals surface area contributed by atoms with Crippen LogP contribution in [0.4, 0.5) is 5.69 Å². The number of thiocarbonyl (C=S) groups is 1. The Balaban J connectivity index is 1.38. The summed E-state index contributed by atoms with van der Waals surface area (Å²) in [5.41, 5.74) is 2.33. The minimum absolute atomic E-state index is 0.172. The first-order valence-corrected chi connectivity index (χ1v) is 12.8.